The second-order valence-electron chi connectivity index (χ2n) is 5.02. The number of carbonyl (C=O) groups excluding carboxylic acids is 1. The van der Waals surface area contributed by atoms with Crippen LogP contribution in [0.1, 0.15) is 27.6 Å². The number of hydrogen-bond donors (Lipinski definition) is 1. The lowest BCUT2D eigenvalue weighted by Gasteiger charge is -2.12. The van der Waals surface area contributed by atoms with E-state index in [1.165, 1.54) is 0 Å². The minimum atomic E-state index is -0.954. The molecule has 0 amide bonds. The van der Waals surface area contributed by atoms with E-state index in [1.807, 2.05) is 0 Å². The summed E-state index contributed by atoms with van der Waals surface area (Å²) >= 11 is 0. The molecule has 0 saturated heterocycles. The number of cyclic esters (lactones) is 1. The first kappa shape index (κ1) is 12.6. The van der Waals surface area contributed by atoms with Gasteiger partial charge in [-0.25, -0.2) is 9.59 Å². The molecule has 1 aliphatic heterocycles. The van der Waals surface area contributed by atoms with Gasteiger partial charge in [0.1, 0.15) is 16.9 Å². The third kappa shape index (κ3) is 1.65. The zero-order valence-electron chi connectivity index (χ0n) is 11.3. The summed E-state index contributed by atoms with van der Waals surface area (Å²) in [5, 5.41) is 10.9. The van der Waals surface area contributed by atoms with Gasteiger partial charge in [0.15, 0.2) is 6.10 Å². The predicted molar refractivity (Wildman–Crippen MR) is 77.8 cm³/mol. The first-order chi connectivity index (χ1) is 10.7. The van der Waals surface area contributed by atoms with Crippen LogP contribution in [0.2, 0.25) is 0 Å². The Bertz CT molecular complexity index is 970. The van der Waals surface area contributed by atoms with Crippen LogP contribution in [0.5, 0.6) is 5.75 Å². The van der Waals surface area contributed by atoms with Gasteiger partial charge in [-0.05, 0) is 18.2 Å². The Hall–Kier alpha value is -3.08. The van der Waals surface area contributed by atoms with Gasteiger partial charge in [0, 0.05) is 5.56 Å². The molecule has 1 aromatic heterocycles. The van der Waals surface area contributed by atoms with Gasteiger partial charge in [0.05, 0.1) is 10.9 Å². The number of para-hydroxylation sites is 1. The highest BCUT2D eigenvalue weighted by Crippen LogP contribution is 2.39. The summed E-state index contributed by atoms with van der Waals surface area (Å²) in [5.74, 6) is -0.742. The van der Waals surface area contributed by atoms with E-state index in [-0.39, 0.29) is 16.9 Å². The molecule has 0 bridgehead atoms. The summed E-state index contributed by atoms with van der Waals surface area (Å²) < 4.78 is 10.5. The molecule has 22 heavy (non-hydrogen) atoms. The third-order valence-electron chi connectivity index (χ3n) is 3.77. The predicted octanol–water partition coefficient (Wildman–Crippen LogP) is 2.76. The molecule has 0 aliphatic carbocycles. The van der Waals surface area contributed by atoms with E-state index in [2.05, 4.69) is 0 Å². The fourth-order valence-electron chi connectivity index (χ4n) is 2.74. The Kier molecular flexibility index (Phi) is 2.56. The first-order valence-corrected chi connectivity index (χ1v) is 6.71. The smallest absolute Gasteiger partial charge is 0.347 e. The van der Waals surface area contributed by atoms with Crippen LogP contribution in [0.25, 0.3) is 11.0 Å². The summed E-state index contributed by atoms with van der Waals surface area (Å²) in [4.78, 5) is 24.1. The van der Waals surface area contributed by atoms with E-state index in [4.69, 9.17) is 9.15 Å². The van der Waals surface area contributed by atoms with Crippen molar-refractivity contribution in [2.75, 3.05) is 0 Å². The molecule has 0 fully saturated rings. The standard InChI is InChI=1S/C17H10O5/c18-14-11-7-3-4-8-12(11)21-17(20)13(14)15-9-5-1-2-6-10(9)16(19)22-15/h1-8,15,18H/t15-/m0/s1. The zero-order chi connectivity index (χ0) is 15.3. The highest BCUT2D eigenvalue weighted by Gasteiger charge is 2.36. The molecule has 5 nitrogen and oxygen atoms in total. The van der Waals surface area contributed by atoms with Gasteiger partial charge < -0.3 is 14.3 Å². The zero-order valence-corrected chi connectivity index (χ0v) is 11.3. The molecule has 2 heterocycles. The van der Waals surface area contributed by atoms with Crippen molar-refractivity contribution in [1.82, 2.24) is 0 Å². The van der Waals surface area contributed by atoms with Crippen LogP contribution in [0.15, 0.2) is 57.7 Å². The third-order valence-corrected chi connectivity index (χ3v) is 3.77. The summed E-state index contributed by atoms with van der Waals surface area (Å²) in [5.41, 5.74) is 0.443. The number of fused-ring (bicyclic) bond motifs is 2. The molecule has 0 spiro atoms. The number of esters is 1. The summed E-state index contributed by atoms with van der Waals surface area (Å²) in [6.07, 6.45) is -0.954. The minimum absolute atomic E-state index is 0.0583. The van der Waals surface area contributed by atoms with Crippen LogP contribution < -0.4 is 5.63 Å². The SMILES string of the molecule is O=C1O[C@H](c2c(O)c3ccccc3oc2=O)c2ccccc21. The van der Waals surface area contributed by atoms with Crippen molar-refractivity contribution < 1.29 is 19.1 Å². The Morgan fingerprint density at radius 2 is 1.68 bits per heavy atom. The monoisotopic (exact) mass is 294 g/mol. The van der Waals surface area contributed by atoms with Crippen molar-refractivity contribution in [1.29, 1.82) is 0 Å². The van der Waals surface area contributed by atoms with E-state index >= 15 is 0 Å². The van der Waals surface area contributed by atoms with E-state index in [9.17, 15) is 14.7 Å². The molecule has 1 aliphatic rings. The molecule has 0 radical (unpaired) electrons. The maximum atomic E-state index is 12.2. The molecule has 0 saturated carbocycles. The van der Waals surface area contributed by atoms with Gasteiger partial charge in [-0.15, -0.1) is 0 Å². The molecule has 1 atom stereocenters. The van der Waals surface area contributed by atoms with Gasteiger partial charge in [-0.3, -0.25) is 0 Å². The van der Waals surface area contributed by atoms with Crippen molar-refractivity contribution in [2.45, 2.75) is 6.10 Å². The number of hydrogen-bond acceptors (Lipinski definition) is 5. The van der Waals surface area contributed by atoms with Gasteiger partial charge >= 0.3 is 11.6 Å². The lowest BCUT2D eigenvalue weighted by molar-refractivity contribution is 0.0448. The Morgan fingerprint density at radius 3 is 2.55 bits per heavy atom. The lowest BCUT2D eigenvalue weighted by atomic mass is 9.99. The number of carbonyl (C=O) groups is 1. The molecule has 3 aromatic rings. The summed E-state index contributed by atoms with van der Waals surface area (Å²) in [7, 11) is 0. The fourth-order valence-corrected chi connectivity index (χ4v) is 2.74. The number of aromatic hydroxyl groups is 1. The van der Waals surface area contributed by atoms with Crippen molar-refractivity contribution in [3.8, 4) is 5.75 Å². The molecule has 2 aromatic carbocycles. The maximum Gasteiger partial charge on any atom is 0.347 e. The Morgan fingerprint density at radius 1 is 0.955 bits per heavy atom. The molecule has 5 heteroatoms. The van der Waals surface area contributed by atoms with Crippen molar-refractivity contribution >= 4 is 16.9 Å². The molecular formula is C17H10O5. The summed E-state index contributed by atoms with van der Waals surface area (Å²) in [6, 6.07) is 13.4. The second-order valence-corrected chi connectivity index (χ2v) is 5.02. The van der Waals surface area contributed by atoms with Crippen LogP contribution in [-0.4, -0.2) is 11.1 Å². The lowest BCUT2D eigenvalue weighted by Crippen LogP contribution is -2.14. The van der Waals surface area contributed by atoms with Crippen molar-refractivity contribution in [2.24, 2.45) is 0 Å². The normalized spacial score (nSPS) is 16.5. The number of rotatable bonds is 1. The minimum Gasteiger partial charge on any atom is -0.506 e. The highest BCUT2D eigenvalue weighted by atomic mass is 16.6. The molecule has 108 valence electrons. The number of ether oxygens (including phenoxy) is 1. The van der Waals surface area contributed by atoms with E-state index < -0.39 is 17.7 Å². The maximum absolute atomic E-state index is 12.2. The van der Waals surface area contributed by atoms with Gasteiger partial charge in [0.2, 0.25) is 0 Å². The van der Waals surface area contributed by atoms with Crippen LogP contribution >= 0.6 is 0 Å². The quantitative estimate of drug-likeness (QED) is 0.551. The topological polar surface area (TPSA) is 76.7 Å². The van der Waals surface area contributed by atoms with Crippen LogP contribution in [0.4, 0.5) is 0 Å². The Labute approximate surface area is 124 Å². The number of benzene rings is 2. The molecule has 1 N–H and O–H groups in total. The fraction of sp³-hybridized carbons (Fsp3) is 0.0588. The van der Waals surface area contributed by atoms with E-state index in [0.717, 1.165) is 0 Å². The van der Waals surface area contributed by atoms with Crippen molar-refractivity contribution in [3.05, 3.63) is 75.6 Å². The Balaban J connectivity index is 2.00. The van der Waals surface area contributed by atoms with Crippen LogP contribution in [-0.2, 0) is 4.74 Å². The van der Waals surface area contributed by atoms with Crippen LogP contribution in [0.3, 0.4) is 0 Å². The molecule has 0 unspecified atom stereocenters. The highest BCUT2D eigenvalue weighted by molar-refractivity contribution is 5.95. The summed E-state index contributed by atoms with van der Waals surface area (Å²) in [6.45, 7) is 0. The second kappa shape index (κ2) is 4.46. The van der Waals surface area contributed by atoms with Gasteiger partial charge in [-0.1, -0.05) is 30.3 Å². The average molecular weight is 294 g/mol. The van der Waals surface area contributed by atoms with Crippen molar-refractivity contribution in [3.63, 3.8) is 0 Å². The average Bonchev–Trinajstić information content (AvgIpc) is 2.85. The van der Waals surface area contributed by atoms with Gasteiger partial charge in [0.25, 0.3) is 0 Å². The van der Waals surface area contributed by atoms with Crippen LogP contribution in [0, 0.1) is 0 Å². The largest absolute Gasteiger partial charge is 0.506 e. The van der Waals surface area contributed by atoms with Gasteiger partial charge in [-0.2, -0.15) is 0 Å². The molecular weight excluding hydrogens is 284 g/mol. The van der Waals surface area contributed by atoms with E-state index in [0.29, 0.717) is 16.5 Å². The van der Waals surface area contributed by atoms with E-state index in [1.54, 1.807) is 48.5 Å². The molecule has 4 rings (SSSR count). The first-order valence-electron chi connectivity index (χ1n) is 6.71.